The molecule has 96 valence electrons. The van der Waals surface area contributed by atoms with Gasteiger partial charge in [0, 0.05) is 6.04 Å². The molecule has 4 N–H and O–H groups in total. The Hall–Kier alpha value is -1.79. The topological polar surface area (TPSA) is 108 Å². The van der Waals surface area contributed by atoms with Crippen molar-refractivity contribution in [2.75, 3.05) is 6.54 Å². The number of hydrogen-bond donors (Lipinski definition) is 4. The molecule has 7 heteroatoms. The second-order valence-corrected chi connectivity index (χ2v) is 3.97. The average Bonchev–Trinajstić information content (AvgIpc) is 3.06. The molecule has 0 aromatic carbocycles. The lowest BCUT2D eigenvalue weighted by Gasteiger charge is -2.12. The minimum Gasteiger partial charge on any atom is -0.480 e. The Morgan fingerprint density at radius 2 is 2.00 bits per heavy atom. The third-order valence-corrected chi connectivity index (χ3v) is 2.36. The summed E-state index contributed by atoms with van der Waals surface area (Å²) in [4.78, 5) is 33.1. The molecule has 0 aliphatic heterocycles. The van der Waals surface area contributed by atoms with Gasteiger partial charge < -0.3 is 21.1 Å². The van der Waals surface area contributed by atoms with E-state index in [0.717, 1.165) is 12.8 Å². The van der Waals surface area contributed by atoms with Crippen LogP contribution in [0.4, 0.5) is 4.79 Å². The number of hydrogen-bond acceptors (Lipinski definition) is 3. The number of carbonyl (C=O) groups excluding carboxylic acids is 2. The Bertz CT molecular complexity index is 315. The Kier molecular flexibility index (Phi) is 4.74. The van der Waals surface area contributed by atoms with Crippen molar-refractivity contribution in [1.29, 1.82) is 0 Å². The van der Waals surface area contributed by atoms with Crippen LogP contribution in [0, 0.1) is 0 Å². The summed E-state index contributed by atoms with van der Waals surface area (Å²) in [5, 5.41) is 16.0. The van der Waals surface area contributed by atoms with E-state index in [-0.39, 0.29) is 24.9 Å². The second kappa shape index (κ2) is 6.07. The molecule has 0 heterocycles. The van der Waals surface area contributed by atoms with Gasteiger partial charge in [0.25, 0.3) is 0 Å². The van der Waals surface area contributed by atoms with Gasteiger partial charge in [-0.05, 0) is 19.3 Å². The fourth-order valence-corrected chi connectivity index (χ4v) is 1.21. The fraction of sp³-hybridized carbons (Fsp3) is 0.700. The van der Waals surface area contributed by atoms with Crippen LogP contribution in [0.2, 0.25) is 0 Å². The lowest BCUT2D eigenvalue weighted by atomic mass is 10.2. The van der Waals surface area contributed by atoms with Crippen molar-refractivity contribution in [3.8, 4) is 0 Å². The van der Waals surface area contributed by atoms with Crippen LogP contribution < -0.4 is 16.0 Å². The first kappa shape index (κ1) is 13.3. The quantitative estimate of drug-likeness (QED) is 0.501. The number of carbonyl (C=O) groups is 3. The highest BCUT2D eigenvalue weighted by atomic mass is 16.4. The lowest BCUT2D eigenvalue weighted by Crippen LogP contribution is -2.48. The van der Waals surface area contributed by atoms with Gasteiger partial charge in [0.1, 0.15) is 6.04 Å². The molecule has 0 saturated heterocycles. The van der Waals surface area contributed by atoms with Crippen LogP contribution in [-0.4, -0.2) is 41.6 Å². The molecule has 7 nitrogen and oxygen atoms in total. The predicted molar refractivity (Wildman–Crippen MR) is 59.4 cm³/mol. The van der Waals surface area contributed by atoms with Crippen molar-refractivity contribution in [2.24, 2.45) is 0 Å². The Labute approximate surface area is 98.9 Å². The molecule has 0 unspecified atom stereocenters. The van der Waals surface area contributed by atoms with Crippen LogP contribution in [0.3, 0.4) is 0 Å². The van der Waals surface area contributed by atoms with E-state index in [1.165, 1.54) is 0 Å². The SMILES string of the molecule is CC[C@H](NC(=O)NCC(=O)NC1CC1)C(=O)O. The maximum Gasteiger partial charge on any atom is 0.326 e. The maximum atomic E-state index is 11.3. The summed E-state index contributed by atoms with van der Waals surface area (Å²) >= 11 is 0. The first-order valence-corrected chi connectivity index (χ1v) is 5.59. The van der Waals surface area contributed by atoms with Crippen molar-refractivity contribution in [3.05, 3.63) is 0 Å². The van der Waals surface area contributed by atoms with Crippen molar-refractivity contribution >= 4 is 17.9 Å². The van der Waals surface area contributed by atoms with Crippen molar-refractivity contribution in [3.63, 3.8) is 0 Å². The molecule has 1 atom stereocenters. The molecule has 0 aromatic heterocycles. The minimum atomic E-state index is -1.09. The van der Waals surface area contributed by atoms with E-state index in [1.54, 1.807) is 6.92 Å². The van der Waals surface area contributed by atoms with Gasteiger partial charge in [0.15, 0.2) is 0 Å². The maximum absolute atomic E-state index is 11.3. The molecule has 0 spiro atoms. The van der Waals surface area contributed by atoms with Gasteiger partial charge in [-0.3, -0.25) is 4.79 Å². The van der Waals surface area contributed by atoms with Gasteiger partial charge in [-0.15, -0.1) is 0 Å². The van der Waals surface area contributed by atoms with Crippen molar-refractivity contribution in [1.82, 2.24) is 16.0 Å². The Balaban J connectivity index is 2.19. The summed E-state index contributed by atoms with van der Waals surface area (Å²) < 4.78 is 0. The molecule has 0 bridgehead atoms. The number of rotatable bonds is 6. The van der Waals surface area contributed by atoms with Gasteiger partial charge in [-0.25, -0.2) is 9.59 Å². The largest absolute Gasteiger partial charge is 0.480 e. The molecule has 1 rings (SSSR count). The molecule has 1 saturated carbocycles. The Morgan fingerprint density at radius 3 is 2.47 bits per heavy atom. The Morgan fingerprint density at radius 1 is 1.35 bits per heavy atom. The summed E-state index contributed by atoms with van der Waals surface area (Å²) in [5.41, 5.74) is 0. The van der Waals surface area contributed by atoms with E-state index < -0.39 is 18.0 Å². The van der Waals surface area contributed by atoms with E-state index in [9.17, 15) is 14.4 Å². The number of carboxylic acid groups (broad SMARTS) is 1. The van der Waals surface area contributed by atoms with E-state index >= 15 is 0 Å². The van der Waals surface area contributed by atoms with Crippen LogP contribution in [0.1, 0.15) is 26.2 Å². The molecule has 0 radical (unpaired) electrons. The van der Waals surface area contributed by atoms with E-state index in [1.807, 2.05) is 0 Å². The van der Waals surface area contributed by atoms with Gasteiger partial charge in [-0.1, -0.05) is 6.92 Å². The zero-order chi connectivity index (χ0) is 12.8. The van der Waals surface area contributed by atoms with Gasteiger partial charge >= 0.3 is 12.0 Å². The first-order chi connectivity index (χ1) is 8.02. The molecule has 1 aliphatic carbocycles. The van der Waals surface area contributed by atoms with Crippen LogP contribution in [0.15, 0.2) is 0 Å². The zero-order valence-electron chi connectivity index (χ0n) is 9.66. The normalized spacial score (nSPS) is 15.8. The number of aliphatic carboxylic acids is 1. The first-order valence-electron chi connectivity index (χ1n) is 5.59. The predicted octanol–water partition coefficient (Wildman–Crippen LogP) is -0.573. The highest BCUT2D eigenvalue weighted by Crippen LogP contribution is 2.18. The molecular weight excluding hydrogens is 226 g/mol. The monoisotopic (exact) mass is 243 g/mol. The summed E-state index contributed by atoms with van der Waals surface area (Å²) in [6.45, 7) is 1.51. The third kappa shape index (κ3) is 5.19. The molecular formula is C10H17N3O4. The molecule has 17 heavy (non-hydrogen) atoms. The van der Waals surface area contributed by atoms with Gasteiger partial charge in [-0.2, -0.15) is 0 Å². The van der Waals surface area contributed by atoms with E-state index in [0.29, 0.717) is 0 Å². The van der Waals surface area contributed by atoms with Crippen molar-refractivity contribution in [2.45, 2.75) is 38.3 Å². The van der Waals surface area contributed by atoms with Crippen LogP contribution in [0.25, 0.3) is 0 Å². The number of amides is 3. The number of urea groups is 1. The average molecular weight is 243 g/mol. The lowest BCUT2D eigenvalue weighted by molar-refractivity contribution is -0.139. The summed E-state index contributed by atoms with van der Waals surface area (Å²) in [7, 11) is 0. The molecule has 1 fully saturated rings. The summed E-state index contributed by atoms with van der Waals surface area (Å²) in [6.07, 6.45) is 2.25. The molecule has 0 aromatic rings. The smallest absolute Gasteiger partial charge is 0.326 e. The molecule has 3 amide bonds. The summed E-state index contributed by atoms with van der Waals surface area (Å²) in [5.74, 6) is -1.35. The fourth-order valence-electron chi connectivity index (χ4n) is 1.21. The van der Waals surface area contributed by atoms with Gasteiger partial charge in [0.05, 0.1) is 6.54 Å². The number of carboxylic acids is 1. The van der Waals surface area contributed by atoms with Crippen LogP contribution in [-0.2, 0) is 9.59 Å². The highest BCUT2D eigenvalue weighted by Gasteiger charge is 2.23. The second-order valence-electron chi connectivity index (χ2n) is 3.97. The van der Waals surface area contributed by atoms with E-state index in [2.05, 4.69) is 16.0 Å². The van der Waals surface area contributed by atoms with Crippen molar-refractivity contribution < 1.29 is 19.5 Å². The van der Waals surface area contributed by atoms with Crippen LogP contribution in [0.5, 0.6) is 0 Å². The standard InChI is InChI=1S/C10H17N3O4/c1-2-7(9(15)16)13-10(17)11-5-8(14)12-6-3-4-6/h6-7H,2-5H2,1H3,(H,12,14)(H,15,16)(H2,11,13,17)/t7-/m0/s1. The van der Waals surface area contributed by atoms with Crippen LogP contribution >= 0.6 is 0 Å². The van der Waals surface area contributed by atoms with E-state index in [4.69, 9.17) is 5.11 Å². The molecule has 1 aliphatic rings. The third-order valence-electron chi connectivity index (χ3n) is 2.36. The highest BCUT2D eigenvalue weighted by molar-refractivity contribution is 5.86. The number of nitrogens with one attached hydrogen (secondary N) is 3. The summed E-state index contributed by atoms with van der Waals surface area (Å²) in [6, 6.07) is -1.33. The zero-order valence-corrected chi connectivity index (χ0v) is 9.66. The minimum absolute atomic E-state index is 0.140. The van der Waals surface area contributed by atoms with Gasteiger partial charge in [0.2, 0.25) is 5.91 Å².